The number of benzene rings is 2. The fourth-order valence-electron chi connectivity index (χ4n) is 1.57. The van der Waals surface area contributed by atoms with E-state index in [1.54, 1.807) is 12.1 Å². The van der Waals surface area contributed by atoms with Gasteiger partial charge in [0.05, 0.1) is 5.69 Å². The van der Waals surface area contributed by atoms with Gasteiger partial charge in [-0.3, -0.25) is 4.72 Å². The Morgan fingerprint density at radius 3 is 2.55 bits per heavy atom. The van der Waals surface area contributed by atoms with Gasteiger partial charge in [-0.1, -0.05) is 12.0 Å². The van der Waals surface area contributed by atoms with Gasteiger partial charge in [-0.25, -0.2) is 17.2 Å². The molecule has 0 fully saturated rings. The zero-order valence-electron chi connectivity index (χ0n) is 10.1. The Morgan fingerprint density at radius 2 is 1.85 bits per heavy atom. The van der Waals surface area contributed by atoms with Crippen molar-refractivity contribution < 1.29 is 17.2 Å². The summed E-state index contributed by atoms with van der Waals surface area (Å²) in [5, 5.41) is 0. The average Bonchev–Trinajstić information content (AvgIpc) is 2.41. The van der Waals surface area contributed by atoms with Gasteiger partial charge in [0, 0.05) is 5.56 Å². The fraction of sp³-hybridized carbons (Fsp3) is 0. The first-order valence-corrected chi connectivity index (χ1v) is 6.95. The molecule has 3 nitrogen and oxygen atoms in total. The standard InChI is InChI=1S/C14H9F2NO2S/c1-2-10-4-3-5-12(8-10)17-20(18,19)14-9-11(15)6-7-13(14)16/h1,3-9,17H. The van der Waals surface area contributed by atoms with Crippen LogP contribution in [-0.2, 0) is 10.0 Å². The summed E-state index contributed by atoms with van der Waals surface area (Å²) in [6.07, 6.45) is 5.20. The predicted molar refractivity (Wildman–Crippen MR) is 71.5 cm³/mol. The highest BCUT2D eigenvalue weighted by atomic mass is 32.2. The van der Waals surface area contributed by atoms with Crippen molar-refractivity contribution in [2.45, 2.75) is 4.90 Å². The maximum Gasteiger partial charge on any atom is 0.264 e. The molecule has 0 aliphatic rings. The minimum absolute atomic E-state index is 0.170. The molecule has 102 valence electrons. The van der Waals surface area contributed by atoms with E-state index in [9.17, 15) is 17.2 Å². The summed E-state index contributed by atoms with van der Waals surface area (Å²) >= 11 is 0. The van der Waals surface area contributed by atoms with E-state index in [4.69, 9.17) is 6.42 Å². The summed E-state index contributed by atoms with van der Waals surface area (Å²) in [6.45, 7) is 0. The van der Waals surface area contributed by atoms with Crippen molar-refractivity contribution >= 4 is 15.7 Å². The number of halogens is 2. The molecule has 0 amide bonds. The van der Waals surface area contributed by atoms with Gasteiger partial charge in [-0.2, -0.15) is 0 Å². The molecule has 20 heavy (non-hydrogen) atoms. The summed E-state index contributed by atoms with van der Waals surface area (Å²) in [5.74, 6) is 0.466. The van der Waals surface area contributed by atoms with Crippen molar-refractivity contribution in [3.63, 3.8) is 0 Å². The average molecular weight is 293 g/mol. The van der Waals surface area contributed by atoms with Crippen LogP contribution in [0.3, 0.4) is 0 Å². The largest absolute Gasteiger partial charge is 0.279 e. The highest BCUT2D eigenvalue weighted by Gasteiger charge is 2.20. The monoisotopic (exact) mass is 293 g/mol. The molecule has 0 aromatic heterocycles. The van der Waals surface area contributed by atoms with Crippen LogP contribution in [0.1, 0.15) is 5.56 Å². The van der Waals surface area contributed by atoms with E-state index in [2.05, 4.69) is 10.6 Å². The van der Waals surface area contributed by atoms with Crippen LogP contribution in [-0.4, -0.2) is 8.42 Å². The lowest BCUT2D eigenvalue weighted by Gasteiger charge is -2.09. The molecule has 0 aliphatic carbocycles. The van der Waals surface area contributed by atoms with E-state index in [1.807, 2.05) is 0 Å². The molecule has 0 saturated carbocycles. The number of anilines is 1. The number of hydrogen-bond acceptors (Lipinski definition) is 2. The quantitative estimate of drug-likeness (QED) is 0.885. The van der Waals surface area contributed by atoms with Crippen molar-refractivity contribution in [3.05, 3.63) is 59.7 Å². The molecule has 0 aliphatic heterocycles. The van der Waals surface area contributed by atoms with Gasteiger partial charge in [0.25, 0.3) is 10.0 Å². The fourth-order valence-corrected chi connectivity index (χ4v) is 2.71. The van der Waals surface area contributed by atoms with E-state index in [1.165, 1.54) is 12.1 Å². The first-order valence-electron chi connectivity index (χ1n) is 5.47. The number of terminal acetylenes is 1. The molecule has 0 radical (unpaired) electrons. The van der Waals surface area contributed by atoms with Crippen LogP contribution in [0.5, 0.6) is 0 Å². The summed E-state index contributed by atoms with van der Waals surface area (Å²) < 4.78 is 52.7. The number of nitrogens with one attached hydrogen (secondary N) is 1. The van der Waals surface area contributed by atoms with Crippen molar-refractivity contribution in [1.82, 2.24) is 0 Å². The maximum atomic E-state index is 13.5. The smallest absolute Gasteiger partial charge is 0.264 e. The topological polar surface area (TPSA) is 46.2 Å². The van der Waals surface area contributed by atoms with Gasteiger partial charge in [-0.15, -0.1) is 6.42 Å². The maximum absolute atomic E-state index is 13.5. The van der Waals surface area contributed by atoms with Crippen molar-refractivity contribution in [1.29, 1.82) is 0 Å². The summed E-state index contributed by atoms with van der Waals surface area (Å²) in [7, 11) is -4.23. The first kappa shape index (κ1) is 14.0. The van der Waals surface area contributed by atoms with E-state index in [-0.39, 0.29) is 5.69 Å². The zero-order valence-corrected chi connectivity index (χ0v) is 10.9. The third kappa shape index (κ3) is 2.95. The van der Waals surface area contributed by atoms with Gasteiger partial charge < -0.3 is 0 Å². The van der Waals surface area contributed by atoms with Crippen molar-refractivity contribution in [2.24, 2.45) is 0 Å². The lowest BCUT2D eigenvalue weighted by Crippen LogP contribution is -2.15. The van der Waals surface area contributed by atoms with E-state index in [0.717, 1.165) is 12.1 Å². The summed E-state index contributed by atoms with van der Waals surface area (Å²) in [5.41, 5.74) is 0.633. The molecular weight excluding hydrogens is 284 g/mol. The normalized spacial score (nSPS) is 10.8. The van der Waals surface area contributed by atoms with E-state index >= 15 is 0 Å². The van der Waals surface area contributed by atoms with Gasteiger partial charge in [-0.05, 0) is 36.4 Å². The first-order chi connectivity index (χ1) is 9.42. The van der Waals surface area contributed by atoms with Crippen molar-refractivity contribution in [2.75, 3.05) is 4.72 Å². The molecule has 0 bridgehead atoms. The molecule has 0 spiro atoms. The Balaban J connectivity index is 2.41. The van der Waals surface area contributed by atoms with Gasteiger partial charge in [0.15, 0.2) is 0 Å². The van der Waals surface area contributed by atoms with Gasteiger partial charge >= 0.3 is 0 Å². The Kier molecular flexibility index (Phi) is 3.72. The molecule has 6 heteroatoms. The minimum atomic E-state index is -4.23. The Hall–Kier alpha value is -2.39. The highest BCUT2D eigenvalue weighted by molar-refractivity contribution is 7.92. The second-order valence-electron chi connectivity index (χ2n) is 3.91. The summed E-state index contributed by atoms with van der Waals surface area (Å²) in [4.78, 5) is -0.761. The van der Waals surface area contributed by atoms with Crippen LogP contribution in [0.2, 0.25) is 0 Å². The third-order valence-corrected chi connectivity index (χ3v) is 3.86. The lowest BCUT2D eigenvalue weighted by molar-refractivity contribution is 0.555. The predicted octanol–water partition coefficient (Wildman–Crippen LogP) is 2.75. The highest BCUT2D eigenvalue weighted by Crippen LogP contribution is 2.20. The molecule has 2 rings (SSSR count). The number of hydrogen-bond donors (Lipinski definition) is 1. The molecule has 0 saturated heterocycles. The molecule has 2 aromatic rings. The minimum Gasteiger partial charge on any atom is -0.279 e. The van der Waals surface area contributed by atoms with Crippen LogP contribution in [0, 0.1) is 24.0 Å². The van der Waals surface area contributed by atoms with Crippen LogP contribution >= 0.6 is 0 Å². The Bertz CT molecular complexity index is 795. The zero-order chi connectivity index (χ0) is 14.8. The Morgan fingerprint density at radius 1 is 1.10 bits per heavy atom. The molecule has 2 aromatic carbocycles. The molecule has 1 N–H and O–H groups in total. The SMILES string of the molecule is C#Cc1cccc(NS(=O)(=O)c2cc(F)ccc2F)c1. The van der Waals surface area contributed by atoms with Crippen molar-refractivity contribution in [3.8, 4) is 12.3 Å². The van der Waals surface area contributed by atoms with Crippen LogP contribution in [0.15, 0.2) is 47.4 Å². The molecule has 0 atom stereocenters. The number of rotatable bonds is 3. The second kappa shape index (κ2) is 5.31. The molecule has 0 heterocycles. The van der Waals surface area contributed by atoms with Crippen LogP contribution in [0.4, 0.5) is 14.5 Å². The second-order valence-corrected chi connectivity index (χ2v) is 5.56. The van der Waals surface area contributed by atoms with Crippen LogP contribution in [0.25, 0.3) is 0 Å². The van der Waals surface area contributed by atoms with Gasteiger partial charge in [0.1, 0.15) is 16.5 Å². The van der Waals surface area contributed by atoms with Gasteiger partial charge in [0.2, 0.25) is 0 Å². The van der Waals surface area contributed by atoms with Crippen LogP contribution < -0.4 is 4.72 Å². The summed E-state index contributed by atoms with van der Waals surface area (Å²) in [6, 6.07) is 8.23. The molecular formula is C14H9F2NO2S. The third-order valence-electron chi connectivity index (χ3n) is 2.46. The number of sulfonamides is 1. The molecule has 0 unspecified atom stereocenters. The van der Waals surface area contributed by atoms with E-state index < -0.39 is 26.6 Å². The lowest BCUT2D eigenvalue weighted by atomic mass is 10.2. The van der Waals surface area contributed by atoms with E-state index in [0.29, 0.717) is 11.6 Å². The Labute approximate surface area is 115 Å².